The minimum Gasteiger partial charge on any atom is -0.356 e. The summed E-state index contributed by atoms with van der Waals surface area (Å²) in [6.45, 7) is 3.46. The molecule has 0 fully saturated rings. The fourth-order valence-corrected chi connectivity index (χ4v) is 7.07. The number of hydrogen-bond acceptors (Lipinski definition) is 12. The van der Waals surface area contributed by atoms with E-state index in [0.29, 0.717) is 24.7 Å². The van der Waals surface area contributed by atoms with Crippen LogP contribution in [-0.4, -0.2) is 118 Å². The molecule has 25 heteroatoms. The first-order valence-electron chi connectivity index (χ1n) is 22.3. The highest BCUT2D eigenvalue weighted by Crippen LogP contribution is 2.17. The molecule has 0 aliphatic rings. The summed E-state index contributed by atoms with van der Waals surface area (Å²) in [6, 6.07) is 2.95. The van der Waals surface area contributed by atoms with Crippen LogP contribution in [0.1, 0.15) is 105 Å². The predicted molar refractivity (Wildman–Crippen MR) is 254 cm³/mol. The summed E-state index contributed by atoms with van der Waals surface area (Å²) in [7, 11) is 8.09. The molecule has 25 nitrogen and oxygen atoms in total. The molecule has 0 aliphatic heterocycles. The van der Waals surface area contributed by atoms with Crippen LogP contribution in [0.25, 0.3) is 0 Å². The summed E-state index contributed by atoms with van der Waals surface area (Å²) in [4.78, 5) is 114. The summed E-state index contributed by atoms with van der Waals surface area (Å²) in [5.74, 6) is -2.68. The Morgan fingerprint density at radius 3 is 1.48 bits per heavy atom. The van der Waals surface area contributed by atoms with Gasteiger partial charge in [0.25, 0.3) is 29.5 Å². The predicted octanol–water partition coefficient (Wildman–Crippen LogP) is 0.977. The number of carbonyl (C=O) groups excluding carboxylic acids is 8. The average molecular weight is 956 g/mol. The largest absolute Gasteiger partial charge is 0.356 e. The van der Waals surface area contributed by atoms with E-state index < -0.39 is 41.4 Å². The lowest BCUT2D eigenvalue weighted by molar-refractivity contribution is -0.121. The molecule has 5 heterocycles. The second-order valence-electron chi connectivity index (χ2n) is 16.5. The number of nitrogens with two attached hydrogens (primary N) is 1. The summed E-state index contributed by atoms with van der Waals surface area (Å²) < 4.78 is 7.45. The van der Waals surface area contributed by atoms with E-state index in [1.165, 1.54) is 55.2 Å². The standard InChI is InChI=1S/C44H61N17O8/c1-27(9-7-14-45)10-8-15-46-34(62)11-16-50-42(67)38-55-32(25-60(38)5)53-35(63)12-17-49-41(66)31-22-29(24-59(31)4)52-44(69)39-56-33(26-61(39)6)54-36(64)13-18-48-40(65)30-21-28(23-58(30)3)51-43(68)37-47-19-20-57(37)2/h19-27H,7-18,45H2,1-6H3,(H,46,62)(H,48,65)(H,49,66)(H,50,67)(H,51,68)(H,52,69)(H,53,63)(H,54,64). The maximum absolute atomic E-state index is 13.2. The third-order valence-electron chi connectivity index (χ3n) is 10.7. The van der Waals surface area contributed by atoms with Crippen LogP contribution in [0.15, 0.2) is 49.3 Å². The van der Waals surface area contributed by atoms with Crippen LogP contribution in [0.3, 0.4) is 0 Å². The molecular weight excluding hydrogens is 895 g/mol. The van der Waals surface area contributed by atoms with Gasteiger partial charge in [0.1, 0.15) is 11.4 Å². The molecule has 370 valence electrons. The second kappa shape index (κ2) is 24.6. The fourth-order valence-electron chi connectivity index (χ4n) is 7.07. The van der Waals surface area contributed by atoms with Gasteiger partial charge in [0.05, 0.1) is 11.4 Å². The van der Waals surface area contributed by atoms with Gasteiger partial charge in [-0.2, -0.15) is 0 Å². The number of aromatic nitrogens is 8. The Kier molecular flexibility index (Phi) is 18.5. The molecule has 0 saturated carbocycles. The molecule has 0 spiro atoms. The third kappa shape index (κ3) is 15.2. The van der Waals surface area contributed by atoms with Gasteiger partial charge in [0.2, 0.25) is 29.4 Å². The van der Waals surface area contributed by atoms with E-state index in [2.05, 4.69) is 64.4 Å². The third-order valence-corrected chi connectivity index (χ3v) is 10.7. The Labute approximate surface area is 397 Å². The lowest BCUT2D eigenvalue weighted by Gasteiger charge is -2.11. The zero-order valence-electron chi connectivity index (χ0n) is 39.6. The second-order valence-corrected chi connectivity index (χ2v) is 16.5. The van der Waals surface area contributed by atoms with Crippen molar-refractivity contribution in [2.75, 3.05) is 54.0 Å². The van der Waals surface area contributed by atoms with Crippen LogP contribution in [0.2, 0.25) is 0 Å². The van der Waals surface area contributed by atoms with Crippen LogP contribution in [0.5, 0.6) is 0 Å². The summed E-state index contributed by atoms with van der Waals surface area (Å²) in [5.41, 5.74) is 6.67. The molecule has 8 amide bonds. The molecule has 10 N–H and O–H groups in total. The monoisotopic (exact) mass is 955 g/mol. The van der Waals surface area contributed by atoms with E-state index in [4.69, 9.17) is 5.73 Å². The van der Waals surface area contributed by atoms with E-state index in [-0.39, 0.29) is 91.0 Å². The first kappa shape index (κ1) is 51.9. The number of nitrogens with zero attached hydrogens (tertiary/aromatic N) is 8. The van der Waals surface area contributed by atoms with E-state index >= 15 is 0 Å². The van der Waals surface area contributed by atoms with Crippen LogP contribution in [0, 0.1) is 5.92 Å². The molecule has 5 aromatic heterocycles. The number of anilines is 4. The van der Waals surface area contributed by atoms with Crippen molar-refractivity contribution in [3.63, 3.8) is 0 Å². The lowest BCUT2D eigenvalue weighted by atomic mass is 10.00. The van der Waals surface area contributed by atoms with E-state index in [1.807, 2.05) is 0 Å². The van der Waals surface area contributed by atoms with Crippen molar-refractivity contribution >= 4 is 70.3 Å². The molecule has 0 bridgehead atoms. The summed E-state index contributed by atoms with van der Waals surface area (Å²) >= 11 is 0. The van der Waals surface area contributed by atoms with E-state index in [9.17, 15) is 38.4 Å². The number of amides is 8. The van der Waals surface area contributed by atoms with Crippen molar-refractivity contribution in [3.05, 3.63) is 78.2 Å². The normalized spacial score (nSPS) is 11.3. The van der Waals surface area contributed by atoms with Crippen molar-refractivity contribution in [3.8, 4) is 0 Å². The first-order valence-corrected chi connectivity index (χ1v) is 22.3. The highest BCUT2D eigenvalue weighted by molar-refractivity contribution is 6.04. The molecular formula is C44H61N17O8. The Bertz CT molecular complexity index is 2650. The van der Waals surface area contributed by atoms with Crippen LogP contribution in [0.4, 0.5) is 23.0 Å². The van der Waals surface area contributed by atoms with Crippen molar-refractivity contribution < 1.29 is 38.4 Å². The van der Waals surface area contributed by atoms with Gasteiger partial charge in [-0.15, -0.1) is 0 Å². The molecule has 1 atom stereocenters. The molecule has 5 aromatic rings. The number of imidazole rings is 3. The highest BCUT2D eigenvalue weighted by Gasteiger charge is 2.21. The zero-order chi connectivity index (χ0) is 50.2. The maximum Gasteiger partial charge on any atom is 0.291 e. The Balaban J connectivity index is 0.992. The van der Waals surface area contributed by atoms with Crippen LogP contribution < -0.4 is 48.3 Å². The van der Waals surface area contributed by atoms with Crippen LogP contribution >= 0.6 is 0 Å². The molecule has 5 rings (SSSR count). The molecule has 1 unspecified atom stereocenters. The van der Waals surface area contributed by atoms with Crippen molar-refractivity contribution in [1.82, 2.24) is 59.1 Å². The van der Waals surface area contributed by atoms with Crippen molar-refractivity contribution in [2.24, 2.45) is 46.9 Å². The van der Waals surface area contributed by atoms with E-state index in [1.54, 1.807) is 52.2 Å². The Morgan fingerprint density at radius 2 is 0.986 bits per heavy atom. The van der Waals surface area contributed by atoms with E-state index in [0.717, 1.165) is 25.7 Å². The smallest absolute Gasteiger partial charge is 0.291 e. The van der Waals surface area contributed by atoms with Crippen molar-refractivity contribution in [2.45, 2.75) is 51.9 Å². The maximum atomic E-state index is 13.2. The Morgan fingerprint density at radius 1 is 0.522 bits per heavy atom. The van der Waals surface area contributed by atoms with Gasteiger partial charge in [-0.1, -0.05) is 6.92 Å². The number of aryl methyl sites for hydroxylation is 5. The Hall–Kier alpha value is -8.09. The number of hydrogen-bond donors (Lipinski definition) is 9. The first-order chi connectivity index (χ1) is 32.9. The van der Waals surface area contributed by atoms with Crippen LogP contribution in [-0.2, 0) is 49.6 Å². The summed E-state index contributed by atoms with van der Waals surface area (Å²) in [5, 5.41) is 21.5. The molecule has 0 aliphatic carbocycles. The molecule has 0 aromatic carbocycles. The molecule has 0 radical (unpaired) electrons. The minimum atomic E-state index is -0.624. The quantitative estimate of drug-likeness (QED) is 0.0370. The molecule has 69 heavy (non-hydrogen) atoms. The van der Waals surface area contributed by atoms with Gasteiger partial charge < -0.3 is 71.1 Å². The van der Waals surface area contributed by atoms with Gasteiger partial charge in [0.15, 0.2) is 17.5 Å². The summed E-state index contributed by atoms with van der Waals surface area (Å²) in [6.07, 6.45) is 12.9. The van der Waals surface area contributed by atoms with Crippen molar-refractivity contribution in [1.29, 1.82) is 0 Å². The SMILES string of the molecule is CC(CCCN)CCCNC(=O)CCNC(=O)c1nc(NC(=O)CCNC(=O)c2cc(NC(=O)c3nc(NC(=O)CCNC(=O)c4cc(NC(=O)c5nccn5C)cn4C)cn3C)cn2C)cn1C. The van der Waals surface area contributed by atoms with Gasteiger partial charge >= 0.3 is 0 Å². The lowest BCUT2D eigenvalue weighted by Crippen LogP contribution is -2.32. The number of rotatable bonds is 25. The topological polar surface area (TPSA) is 322 Å². The average Bonchev–Trinajstić information content (AvgIpc) is 4.13. The minimum absolute atomic E-state index is 0.0162. The van der Waals surface area contributed by atoms with Gasteiger partial charge in [-0.25, -0.2) is 15.0 Å². The highest BCUT2D eigenvalue weighted by atomic mass is 16.2. The fraction of sp³-hybridized carbons (Fsp3) is 0.432. The molecule has 0 saturated heterocycles. The number of carbonyl (C=O) groups is 8. The van der Waals surface area contributed by atoms with Gasteiger partial charge in [-0.3, -0.25) is 38.4 Å². The zero-order valence-corrected chi connectivity index (χ0v) is 39.6. The van der Waals surface area contributed by atoms with Gasteiger partial charge in [-0.05, 0) is 50.3 Å². The number of nitrogens with one attached hydrogen (secondary N) is 8. The van der Waals surface area contributed by atoms with Gasteiger partial charge in [0, 0.05) is 118 Å².